The van der Waals surface area contributed by atoms with Gasteiger partial charge in [0, 0.05) is 30.1 Å². The van der Waals surface area contributed by atoms with Crippen molar-refractivity contribution in [1.29, 1.82) is 0 Å². The summed E-state index contributed by atoms with van der Waals surface area (Å²) in [5.41, 5.74) is 2.64. The predicted molar refractivity (Wildman–Crippen MR) is 149 cm³/mol. The van der Waals surface area contributed by atoms with Crippen LogP contribution in [0.25, 0.3) is 16.8 Å². The number of anilines is 2. The third kappa shape index (κ3) is 4.27. The third-order valence-electron chi connectivity index (χ3n) is 7.44. The molecule has 2 N–H and O–H groups in total. The van der Waals surface area contributed by atoms with Crippen LogP contribution in [0.3, 0.4) is 0 Å². The highest BCUT2D eigenvalue weighted by atomic mass is 35.5. The van der Waals surface area contributed by atoms with Crippen molar-refractivity contribution in [3.05, 3.63) is 47.4 Å². The van der Waals surface area contributed by atoms with Crippen molar-refractivity contribution in [1.82, 2.24) is 38.7 Å². The topological polar surface area (TPSA) is 129 Å². The van der Waals surface area contributed by atoms with E-state index in [1.807, 2.05) is 33.0 Å². The van der Waals surface area contributed by atoms with Crippen LogP contribution in [0.15, 0.2) is 30.9 Å². The van der Waals surface area contributed by atoms with Crippen LogP contribution in [-0.2, 0) is 17.2 Å². The molecule has 208 valence electrons. The van der Waals surface area contributed by atoms with E-state index in [1.165, 1.54) is 0 Å². The average Bonchev–Trinajstić information content (AvgIpc) is 3.21. The number of hydrogen-bond donors (Lipinski definition) is 2. The first kappa shape index (κ1) is 25.2. The zero-order valence-electron chi connectivity index (χ0n) is 22.7. The molecule has 40 heavy (non-hydrogen) atoms. The van der Waals surface area contributed by atoms with Gasteiger partial charge in [-0.05, 0) is 12.8 Å². The van der Waals surface area contributed by atoms with Crippen molar-refractivity contribution in [3.8, 4) is 11.5 Å². The molecule has 2 unspecified atom stereocenters. The lowest BCUT2D eigenvalue weighted by molar-refractivity contribution is 0.117. The van der Waals surface area contributed by atoms with Gasteiger partial charge in [-0.15, -0.1) is 0 Å². The van der Waals surface area contributed by atoms with E-state index in [-0.39, 0.29) is 11.5 Å². The van der Waals surface area contributed by atoms with Crippen LogP contribution in [0.4, 0.5) is 11.8 Å². The molecule has 2 atom stereocenters. The molecule has 1 aliphatic heterocycles. The number of rotatable bonds is 6. The standard InChI is InChI=1S/C27H30ClN9O3/c1-27(2,3)19-7-20(34-37(19)16-12-39-13-17(16)38)32-26-33-24-23(35(26)4)22(28)18(9-30-24)40-15-8-29-21-10-31-25(14-5-6-14)36(21)11-15/h7-11,14,16-17,38H,5-6,12-13H2,1-4H3,(H,30,32,33,34). The normalized spacial score (nSPS) is 19.6. The van der Waals surface area contributed by atoms with Gasteiger partial charge in [-0.2, -0.15) is 10.1 Å². The van der Waals surface area contributed by atoms with Crippen LogP contribution in [-0.4, -0.2) is 63.1 Å². The van der Waals surface area contributed by atoms with E-state index in [0.29, 0.717) is 58.6 Å². The lowest BCUT2D eigenvalue weighted by Crippen LogP contribution is -2.28. The van der Waals surface area contributed by atoms with Crippen molar-refractivity contribution >= 4 is 40.2 Å². The predicted octanol–water partition coefficient (Wildman–Crippen LogP) is 4.50. The number of aryl methyl sites for hydroxylation is 1. The lowest BCUT2D eigenvalue weighted by atomic mass is 9.91. The van der Waals surface area contributed by atoms with Crippen LogP contribution in [0.5, 0.6) is 11.5 Å². The summed E-state index contributed by atoms with van der Waals surface area (Å²) in [5.74, 6) is 3.53. The van der Waals surface area contributed by atoms with E-state index < -0.39 is 6.10 Å². The molecule has 5 aromatic rings. The maximum Gasteiger partial charge on any atom is 0.210 e. The van der Waals surface area contributed by atoms with Crippen LogP contribution in [0.1, 0.15) is 57.1 Å². The lowest BCUT2D eigenvalue weighted by Gasteiger charge is -2.24. The SMILES string of the molecule is Cn1c(Nc2cc(C(C)(C)C)n(C3COCC3O)n2)nc2ncc(Oc3cnc4cnc(C5CC5)n4c3)c(Cl)c21. The van der Waals surface area contributed by atoms with Crippen LogP contribution in [0.2, 0.25) is 5.02 Å². The Labute approximate surface area is 234 Å². The second-order valence-corrected chi connectivity index (χ2v) is 11.9. The van der Waals surface area contributed by atoms with E-state index in [1.54, 1.807) is 18.6 Å². The number of imidazole rings is 2. The maximum atomic E-state index is 10.4. The van der Waals surface area contributed by atoms with E-state index in [4.69, 9.17) is 26.2 Å². The Morgan fingerprint density at radius 2 is 1.95 bits per heavy atom. The molecule has 5 aromatic heterocycles. The molecule has 13 heteroatoms. The first-order valence-corrected chi connectivity index (χ1v) is 13.7. The Balaban J connectivity index is 1.20. The number of aliphatic hydroxyl groups is 1. The molecule has 1 saturated heterocycles. The van der Waals surface area contributed by atoms with Gasteiger partial charge in [0.2, 0.25) is 5.95 Å². The van der Waals surface area contributed by atoms with Crippen molar-refractivity contribution < 1.29 is 14.6 Å². The van der Waals surface area contributed by atoms with Crippen molar-refractivity contribution in [2.45, 2.75) is 57.1 Å². The van der Waals surface area contributed by atoms with Crippen molar-refractivity contribution in [2.24, 2.45) is 7.05 Å². The Morgan fingerprint density at radius 3 is 2.67 bits per heavy atom. The third-order valence-corrected chi connectivity index (χ3v) is 7.81. The van der Waals surface area contributed by atoms with E-state index >= 15 is 0 Å². The van der Waals surface area contributed by atoms with E-state index in [0.717, 1.165) is 30.0 Å². The van der Waals surface area contributed by atoms with Gasteiger partial charge in [0.25, 0.3) is 0 Å². The molecule has 2 fully saturated rings. The molecule has 0 spiro atoms. The molecular formula is C27H30ClN9O3. The van der Waals surface area contributed by atoms with Gasteiger partial charge < -0.3 is 24.5 Å². The molecule has 2 aliphatic rings. The van der Waals surface area contributed by atoms with E-state index in [2.05, 4.69) is 46.0 Å². The van der Waals surface area contributed by atoms with Gasteiger partial charge in [-0.25, -0.2) is 15.0 Å². The summed E-state index contributed by atoms with van der Waals surface area (Å²) < 4.78 is 17.3. The average molecular weight is 564 g/mol. The number of halogens is 1. The summed E-state index contributed by atoms with van der Waals surface area (Å²) in [4.78, 5) is 18.2. The largest absolute Gasteiger partial charge is 0.451 e. The number of aliphatic hydroxyl groups excluding tert-OH is 1. The second-order valence-electron chi connectivity index (χ2n) is 11.5. The van der Waals surface area contributed by atoms with Crippen LogP contribution in [0, 0.1) is 0 Å². The molecule has 12 nitrogen and oxygen atoms in total. The molecule has 0 amide bonds. The molecule has 1 saturated carbocycles. The highest BCUT2D eigenvalue weighted by Gasteiger charge is 2.34. The molecule has 1 aliphatic carbocycles. The fraction of sp³-hybridized carbons (Fsp3) is 0.444. The van der Waals surface area contributed by atoms with Crippen molar-refractivity contribution in [3.63, 3.8) is 0 Å². The van der Waals surface area contributed by atoms with Crippen LogP contribution < -0.4 is 10.1 Å². The highest BCUT2D eigenvalue weighted by Crippen LogP contribution is 2.40. The Morgan fingerprint density at radius 1 is 1.12 bits per heavy atom. The fourth-order valence-electron chi connectivity index (χ4n) is 5.15. The summed E-state index contributed by atoms with van der Waals surface area (Å²) >= 11 is 6.84. The zero-order valence-corrected chi connectivity index (χ0v) is 23.4. The molecule has 7 rings (SSSR count). The van der Waals surface area contributed by atoms with Gasteiger partial charge in [0.1, 0.15) is 28.5 Å². The molecule has 6 heterocycles. The minimum atomic E-state index is -0.615. The molecular weight excluding hydrogens is 534 g/mol. The van der Waals surface area contributed by atoms with Gasteiger partial charge in [-0.1, -0.05) is 32.4 Å². The quantitative estimate of drug-likeness (QED) is 0.306. The number of aromatic nitrogens is 8. The molecule has 0 aromatic carbocycles. The minimum Gasteiger partial charge on any atom is -0.451 e. The van der Waals surface area contributed by atoms with E-state index in [9.17, 15) is 5.11 Å². The van der Waals surface area contributed by atoms with Gasteiger partial charge >= 0.3 is 0 Å². The number of hydrogen-bond acceptors (Lipinski definition) is 9. The van der Waals surface area contributed by atoms with Crippen molar-refractivity contribution in [2.75, 3.05) is 18.5 Å². The monoisotopic (exact) mass is 563 g/mol. The number of nitrogens with zero attached hydrogens (tertiary/aromatic N) is 8. The number of pyridine rings is 1. The maximum absolute atomic E-state index is 10.4. The summed E-state index contributed by atoms with van der Waals surface area (Å²) in [5, 5.41) is 18.9. The number of nitrogens with one attached hydrogen (secondary N) is 1. The Bertz CT molecular complexity index is 1750. The van der Waals surface area contributed by atoms with Gasteiger partial charge in [-0.3, -0.25) is 9.08 Å². The molecule has 0 radical (unpaired) electrons. The Kier molecular flexibility index (Phi) is 5.77. The zero-order chi connectivity index (χ0) is 27.8. The smallest absolute Gasteiger partial charge is 0.210 e. The minimum absolute atomic E-state index is 0.202. The number of ether oxygens (including phenoxy) is 2. The summed E-state index contributed by atoms with van der Waals surface area (Å²) in [7, 11) is 1.85. The van der Waals surface area contributed by atoms with Gasteiger partial charge in [0.15, 0.2) is 28.6 Å². The summed E-state index contributed by atoms with van der Waals surface area (Å²) in [6.07, 6.45) is 8.55. The van der Waals surface area contributed by atoms with Gasteiger partial charge in [0.05, 0.1) is 38.0 Å². The second kappa shape index (κ2) is 9.15. The van der Waals surface area contributed by atoms with Crippen LogP contribution >= 0.6 is 11.6 Å². The first-order chi connectivity index (χ1) is 19.2. The fourth-order valence-corrected chi connectivity index (χ4v) is 5.45. The Hall–Kier alpha value is -3.74. The summed E-state index contributed by atoms with van der Waals surface area (Å²) in [6, 6.07) is 1.72. The summed E-state index contributed by atoms with van der Waals surface area (Å²) in [6.45, 7) is 7.04. The first-order valence-electron chi connectivity index (χ1n) is 13.3. The molecule has 0 bridgehead atoms. The highest BCUT2D eigenvalue weighted by molar-refractivity contribution is 6.36. The number of fused-ring (bicyclic) bond motifs is 2.